The fourth-order valence-electron chi connectivity index (χ4n) is 5.36. The van der Waals surface area contributed by atoms with E-state index < -0.39 is 11.6 Å². The van der Waals surface area contributed by atoms with Crippen molar-refractivity contribution in [1.29, 1.82) is 0 Å². The molecule has 7 nitrogen and oxygen atoms in total. The van der Waals surface area contributed by atoms with Gasteiger partial charge in [-0.1, -0.05) is 65.3 Å². The van der Waals surface area contributed by atoms with Gasteiger partial charge in [0.05, 0.1) is 30.3 Å². The van der Waals surface area contributed by atoms with Crippen molar-refractivity contribution < 1.29 is 18.5 Å². The molecule has 2 atom stereocenters. The average molecular weight is 566 g/mol. The largest absolute Gasteiger partial charge is 0.458 e. The van der Waals surface area contributed by atoms with Crippen LogP contribution >= 0.6 is 0 Å². The molecule has 3 aromatic carbocycles. The summed E-state index contributed by atoms with van der Waals surface area (Å²) in [4.78, 5) is 13.4. The number of amides is 1. The third-order valence-corrected chi connectivity index (χ3v) is 7.37. The minimum Gasteiger partial charge on any atom is -0.458 e. The average Bonchev–Trinajstić information content (AvgIpc) is 3.50. The van der Waals surface area contributed by atoms with Crippen molar-refractivity contribution in [2.75, 3.05) is 6.61 Å². The number of ether oxygens (including phenoxy) is 1. The molecular formula is C35H39N3O4. The number of furan rings is 1. The summed E-state index contributed by atoms with van der Waals surface area (Å²) in [7, 11) is 0. The molecule has 0 spiro atoms. The second kappa shape index (κ2) is 12.0. The zero-order valence-electron chi connectivity index (χ0n) is 25.2. The number of aromatic nitrogens is 1. The molecule has 0 bridgehead atoms. The molecule has 5 rings (SSSR count). The lowest BCUT2D eigenvalue weighted by Crippen LogP contribution is -2.38. The molecule has 5 aromatic rings. The first-order valence-corrected chi connectivity index (χ1v) is 14.3. The number of nitrogens with two attached hydrogens (primary N) is 1. The van der Waals surface area contributed by atoms with Crippen molar-refractivity contribution in [3.63, 3.8) is 0 Å². The Morgan fingerprint density at radius 3 is 2.43 bits per heavy atom. The topological polar surface area (TPSA) is 104 Å². The summed E-state index contributed by atoms with van der Waals surface area (Å²) < 4.78 is 18.0. The molecule has 0 fully saturated rings. The number of benzene rings is 3. The van der Waals surface area contributed by atoms with Gasteiger partial charge in [0.1, 0.15) is 23.2 Å². The Hall–Kier alpha value is -4.20. The van der Waals surface area contributed by atoms with E-state index in [1.807, 2.05) is 82.3 Å². The standard InChI is InChI=1S/C35H39N3O4/c1-21-12-14-28(22(2)16-21)33(26-10-8-7-9-11-26)37-31(39)18-25-13-15-29-27(17-25)19-30(41-29)34(40-20-35(5,6)36)32-23(3)38-42-24(32)4/h7-17,19,33-34H,18,20,36H2,1-6H3,(H,37,39)/t33-,34?/m0/s1. The van der Waals surface area contributed by atoms with Crippen molar-refractivity contribution in [2.24, 2.45) is 5.73 Å². The van der Waals surface area contributed by atoms with Gasteiger partial charge in [-0.25, -0.2) is 0 Å². The van der Waals surface area contributed by atoms with Gasteiger partial charge in [0.15, 0.2) is 0 Å². The monoisotopic (exact) mass is 565 g/mol. The van der Waals surface area contributed by atoms with E-state index in [2.05, 4.69) is 42.5 Å². The van der Waals surface area contributed by atoms with E-state index in [9.17, 15) is 4.79 Å². The van der Waals surface area contributed by atoms with Crippen molar-refractivity contribution >= 4 is 16.9 Å². The number of carbonyl (C=O) groups excluding carboxylic acids is 1. The molecule has 0 aliphatic heterocycles. The maximum Gasteiger partial charge on any atom is 0.225 e. The summed E-state index contributed by atoms with van der Waals surface area (Å²) in [6.45, 7) is 12.0. The van der Waals surface area contributed by atoms with Crippen molar-refractivity contribution in [1.82, 2.24) is 10.5 Å². The summed E-state index contributed by atoms with van der Waals surface area (Å²) >= 11 is 0. The van der Waals surface area contributed by atoms with Crippen LogP contribution in [0.2, 0.25) is 0 Å². The number of fused-ring (bicyclic) bond motifs is 1. The third kappa shape index (κ3) is 6.64. The maximum atomic E-state index is 13.4. The number of rotatable bonds is 10. The van der Waals surface area contributed by atoms with Gasteiger partial charge < -0.3 is 24.7 Å². The number of hydrogen-bond acceptors (Lipinski definition) is 6. The first-order chi connectivity index (χ1) is 20.0. The van der Waals surface area contributed by atoms with Gasteiger partial charge in [-0.15, -0.1) is 0 Å². The second-order valence-corrected chi connectivity index (χ2v) is 11.9. The van der Waals surface area contributed by atoms with E-state index in [1.165, 1.54) is 5.56 Å². The van der Waals surface area contributed by atoms with Gasteiger partial charge in [0.25, 0.3) is 0 Å². The SMILES string of the molecule is Cc1ccc([C@@H](NC(=O)Cc2ccc3oc(C(OCC(C)(C)N)c4c(C)noc4C)cc3c2)c2ccccc2)c(C)c1. The van der Waals surface area contributed by atoms with E-state index in [1.54, 1.807) is 0 Å². The third-order valence-electron chi connectivity index (χ3n) is 7.37. The fourth-order valence-corrected chi connectivity index (χ4v) is 5.36. The van der Waals surface area contributed by atoms with Gasteiger partial charge in [-0.05, 0) is 82.0 Å². The molecule has 0 saturated heterocycles. The normalized spacial score (nSPS) is 13.3. The molecule has 0 saturated carbocycles. The number of nitrogens with one attached hydrogen (secondary N) is 1. The van der Waals surface area contributed by atoms with E-state index in [4.69, 9.17) is 19.4 Å². The number of aryl methyl sites for hydroxylation is 4. The molecule has 1 amide bonds. The van der Waals surface area contributed by atoms with Crippen LogP contribution in [0.25, 0.3) is 11.0 Å². The lowest BCUT2D eigenvalue weighted by molar-refractivity contribution is -0.120. The molecule has 3 N–H and O–H groups in total. The molecule has 0 aliphatic rings. The highest BCUT2D eigenvalue weighted by Gasteiger charge is 2.28. The molecule has 2 heterocycles. The van der Waals surface area contributed by atoms with Gasteiger partial charge >= 0.3 is 0 Å². The molecule has 2 aromatic heterocycles. The van der Waals surface area contributed by atoms with E-state index in [-0.39, 0.29) is 18.4 Å². The quantitative estimate of drug-likeness (QED) is 0.190. The summed E-state index contributed by atoms with van der Waals surface area (Å²) in [6, 6.07) is 23.9. The van der Waals surface area contributed by atoms with Crippen LogP contribution in [0, 0.1) is 27.7 Å². The molecular weight excluding hydrogens is 526 g/mol. The van der Waals surface area contributed by atoms with Gasteiger partial charge in [-0.3, -0.25) is 4.79 Å². The molecule has 42 heavy (non-hydrogen) atoms. The van der Waals surface area contributed by atoms with E-state index >= 15 is 0 Å². The van der Waals surface area contributed by atoms with Crippen LogP contribution in [-0.2, 0) is 16.0 Å². The van der Waals surface area contributed by atoms with Crippen LogP contribution in [0.5, 0.6) is 0 Å². The summed E-state index contributed by atoms with van der Waals surface area (Å²) in [5.41, 5.74) is 13.3. The second-order valence-electron chi connectivity index (χ2n) is 11.9. The fraction of sp³-hybridized carbons (Fsp3) is 0.314. The minimum atomic E-state index is -0.529. The Labute approximate surface area is 247 Å². The highest BCUT2D eigenvalue weighted by atomic mass is 16.5. The summed E-state index contributed by atoms with van der Waals surface area (Å²) in [6.07, 6.45) is -0.293. The first-order valence-electron chi connectivity index (χ1n) is 14.3. The molecule has 0 radical (unpaired) electrons. The van der Waals surface area contributed by atoms with Crippen LogP contribution in [0.3, 0.4) is 0 Å². The Morgan fingerprint density at radius 2 is 1.76 bits per heavy atom. The Kier molecular flexibility index (Phi) is 8.34. The van der Waals surface area contributed by atoms with Crippen LogP contribution in [0.15, 0.2) is 81.7 Å². The summed E-state index contributed by atoms with van der Waals surface area (Å²) in [5.74, 6) is 1.24. The van der Waals surface area contributed by atoms with Crippen LogP contribution in [-0.4, -0.2) is 23.2 Å². The van der Waals surface area contributed by atoms with Crippen LogP contribution in [0.4, 0.5) is 0 Å². The van der Waals surface area contributed by atoms with E-state index in [0.29, 0.717) is 23.7 Å². The smallest absolute Gasteiger partial charge is 0.225 e. The van der Waals surface area contributed by atoms with Gasteiger partial charge in [-0.2, -0.15) is 0 Å². The van der Waals surface area contributed by atoms with Gasteiger partial charge in [0, 0.05) is 10.9 Å². The van der Waals surface area contributed by atoms with Crippen molar-refractivity contribution in [3.05, 3.63) is 123 Å². The highest BCUT2D eigenvalue weighted by Crippen LogP contribution is 2.35. The predicted molar refractivity (Wildman–Crippen MR) is 164 cm³/mol. The van der Waals surface area contributed by atoms with Crippen molar-refractivity contribution in [3.8, 4) is 0 Å². The molecule has 7 heteroatoms. The van der Waals surface area contributed by atoms with Crippen LogP contribution < -0.4 is 11.1 Å². The maximum absolute atomic E-state index is 13.4. The predicted octanol–water partition coefficient (Wildman–Crippen LogP) is 6.95. The number of hydrogen-bond donors (Lipinski definition) is 2. The Bertz CT molecular complexity index is 1680. The first kappa shape index (κ1) is 29.3. The lowest BCUT2D eigenvalue weighted by atomic mass is 9.93. The zero-order valence-corrected chi connectivity index (χ0v) is 25.2. The minimum absolute atomic E-state index is 0.0611. The Morgan fingerprint density at radius 1 is 1.00 bits per heavy atom. The number of nitrogens with zero attached hydrogens (tertiary/aromatic N) is 1. The molecule has 218 valence electrons. The lowest BCUT2D eigenvalue weighted by Gasteiger charge is -2.23. The molecule has 0 aliphatic carbocycles. The van der Waals surface area contributed by atoms with E-state index in [0.717, 1.165) is 38.9 Å². The van der Waals surface area contributed by atoms with Crippen molar-refractivity contribution in [2.45, 2.75) is 65.6 Å². The van der Waals surface area contributed by atoms with Gasteiger partial charge in [0.2, 0.25) is 5.91 Å². The Balaban J connectivity index is 1.40. The van der Waals surface area contributed by atoms with Crippen LogP contribution in [0.1, 0.15) is 76.6 Å². The summed E-state index contributed by atoms with van der Waals surface area (Å²) in [5, 5.41) is 8.28. The zero-order chi connectivity index (χ0) is 30.0. The molecule has 1 unspecified atom stereocenters. The number of carbonyl (C=O) groups is 1. The highest BCUT2D eigenvalue weighted by molar-refractivity contribution is 5.83.